The molecule has 0 saturated carbocycles. The number of nitrogens with zero attached hydrogens (tertiary/aromatic N) is 2. The third-order valence-electron chi connectivity index (χ3n) is 3.24. The van der Waals surface area contributed by atoms with Crippen LogP contribution in [0.15, 0.2) is 39.0 Å². The molecule has 0 aromatic heterocycles. The van der Waals surface area contributed by atoms with E-state index in [1.165, 1.54) is 10.0 Å². The molecule has 0 saturated heterocycles. The first-order valence-corrected chi connectivity index (χ1v) is 6.41. The summed E-state index contributed by atoms with van der Waals surface area (Å²) in [6.45, 7) is 6.60. The first kappa shape index (κ1) is 11.8. The molecule has 0 aliphatic carbocycles. The highest BCUT2D eigenvalue weighted by atomic mass is 79.9. The Morgan fingerprint density at radius 2 is 1.81 bits per heavy atom. The van der Waals surface area contributed by atoms with Crippen molar-refractivity contribution < 1.29 is 0 Å². The molecular formula is C13H17BrN2. The van der Waals surface area contributed by atoms with Crippen LogP contribution in [0.2, 0.25) is 0 Å². The third-order valence-corrected chi connectivity index (χ3v) is 4.02. The maximum absolute atomic E-state index is 4.26. The Morgan fingerprint density at radius 1 is 1.19 bits per heavy atom. The fraction of sp³-hybridized carbons (Fsp3) is 0.538. The second kappa shape index (κ2) is 3.95. The van der Waals surface area contributed by atoms with Crippen LogP contribution in [0.25, 0.3) is 0 Å². The predicted octanol–water partition coefficient (Wildman–Crippen LogP) is 4.59. The zero-order valence-electron chi connectivity index (χ0n) is 10.00. The topological polar surface area (TPSA) is 24.7 Å². The minimum atomic E-state index is -0.137. The number of halogens is 1. The molecule has 0 amide bonds. The molecule has 3 heteroatoms. The molecule has 0 radical (unpaired) electrons. The summed E-state index contributed by atoms with van der Waals surface area (Å²) in [4.78, 5) is 0. The van der Waals surface area contributed by atoms with Crippen molar-refractivity contribution in [2.45, 2.75) is 39.3 Å². The number of rotatable bonds is 3. The summed E-state index contributed by atoms with van der Waals surface area (Å²) in [5, 5.41) is 8.52. The van der Waals surface area contributed by atoms with Crippen molar-refractivity contribution in [3.63, 3.8) is 0 Å². The normalized spacial score (nSPS) is 17.5. The van der Waals surface area contributed by atoms with Gasteiger partial charge in [-0.15, -0.1) is 0 Å². The lowest BCUT2D eigenvalue weighted by Crippen LogP contribution is -2.30. The molecule has 0 atom stereocenters. The molecular weight excluding hydrogens is 264 g/mol. The lowest BCUT2D eigenvalue weighted by atomic mass is 9.80. The molecule has 0 bridgehead atoms. The number of aryl methyl sites for hydroxylation is 1. The first-order chi connectivity index (χ1) is 7.45. The van der Waals surface area contributed by atoms with Crippen LogP contribution < -0.4 is 0 Å². The second-order valence-corrected chi connectivity index (χ2v) is 6.21. The van der Waals surface area contributed by atoms with Gasteiger partial charge in [-0.25, -0.2) is 0 Å². The summed E-state index contributed by atoms with van der Waals surface area (Å²) in [7, 11) is 0. The van der Waals surface area contributed by atoms with Gasteiger partial charge in [0.1, 0.15) is 0 Å². The highest BCUT2D eigenvalue weighted by Crippen LogP contribution is 2.48. The Labute approximate surface area is 105 Å². The number of hydrogen-bond acceptors (Lipinski definition) is 2. The van der Waals surface area contributed by atoms with E-state index >= 15 is 0 Å². The zero-order valence-corrected chi connectivity index (χ0v) is 11.6. The standard InChI is InChI=1S/C13H17BrN2/c1-12(2,3)13(15-16-13)9-8-10-6-4-5-7-11(10)14/h4-7H,8-9H2,1-3H3. The Hall–Kier alpha value is -0.700. The Morgan fingerprint density at radius 3 is 2.31 bits per heavy atom. The van der Waals surface area contributed by atoms with Gasteiger partial charge in [-0.05, 0) is 18.1 Å². The second-order valence-electron chi connectivity index (χ2n) is 5.36. The van der Waals surface area contributed by atoms with Crippen molar-refractivity contribution in [1.82, 2.24) is 0 Å². The van der Waals surface area contributed by atoms with Crippen molar-refractivity contribution in [3.8, 4) is 0 Å². The molecule has 0 unspecified atom stereocenters. The molecule has 0 spiro atoms. The minimum absolute atomic E-state index is 0.133. The van der Waals surface area contributed by atoms with Crippen LogP contribution in [0.3, 0.4) is 0 Å². The summed E-state index contributed by atoms with van der Waals surface area (Å²) in [5.41, 5.74) is 1.33. The maximum Gasteiger partial charge on any atom is 0.196 e. The van der Waals surface area contributed by atoms with E-state index in [-0.39, 0.29) is 11.1 Å². The summed E-state index contributed by atoms with van der Waals surface area (Å²) < 4.78 is 1.18. The van der Waals surface area contributed by atoms with E-state index in [9.17, 15) is 0 Å². The Kier molecular flexibility index (Phi) is 2.91. The van der Waals surface area contributed by atoms with Gasteiger partial charge in [-0.3, -0.25) is 0 Å². The van der Waals surface area contributed by atoms with Crippen molar-refractivity contribution in [3.05, 3.63) is 34.3 Å². The summed E-state index contributed by atoms with van der Waals surface area (Å²) in [5.74, 6) is 0. The summed E-state index contributed by atoms with van der Waals surface area (Å²) in [6, 6.07) is 8.35. The predicted molar refractivity (Wildman–Crippen MR) is 69.5 cm³/mol. The summed E-state index contributed by atoms with van der Waals surface area (Å²) >= 11 is 3.57. The van der Waals surface area contributed by atoms with Gasteiger partial charge in [0.05, 0.1) is 0 Å². The van der Waals surface area contributed by atoms with Crippen LogP contribution in [0.5, 0.6) is 0 Å². The first-order valence-electron chi connectivity index (χ1n) is 5.62. The van der Waals surface area contributed by atoms with E-state index in [2.05, 4.69) is 65.1 Å². The third kappa shape index (κ3) is 2.19. The molecule has 2 nitrogen and oxygen atoms in total. The van der Waals surface area contributed by atoms with Gasteiger partial charge in [0.25, 0.3) is 0 Å². The van der Waals surface area contributed by atoms with Crippen LogP contribution in [-0.2, 0) is 6.42 Å². The van der Waals surface area contributed by atoms with Gasteiger partial charge < -0.3 is 0 Å². The molecule has 1 aromatic rings. The Balaban J connectivity index is 2.01. The average Bonchev–Trinajstić information content (AvgIpc) is 2.96. The van der Waals surface area contributed by atoms with E-state index in [0.29, 0.717) is 0 Å². The van der Waals surface area contributed by atoms with Gasteiger partial charge in [0, 0.05) is 16.3 Å². The van der Waals surface area contributed by atoms with E-state index in [0.717, 1.165) is 12.8 Å². The maximum atomic E-state index is 4.26. The Bertz CT molecular complexity index is 412. The van der Waals surface area contributed by atoms with Gasteiger partial charge >= 0.3 is 0 Å². The fourth-order valence-electron chi connectivity index (χ4n) is 1.85. The quantitative estimate of drug-likeness (QED) is 0.774. The van der Waals surface area contributed by atoms with Crippen molar-refractivity contribution >= 4 is 15.9 Å². The van der Waals surface area contributed by atoms with E-state index in [1.807, 2.05) is 6.07 Å². The number of hydrogen-bond donors (Lipinski definition) is 0. The van der Waals surface area contributed by atoms with Gasteiger partial charge in [0.15, 0.2) is 5.66 Å². The monoisotopic (exact) mass is 280 g/mol. The molecule has 0 N–H and O–H groups in total. The molecule has 0 fully saturated rings. The van der Waals surface area contributed by atoms with Crippen LogP contribution in [-0.4, -0.2) is 5.66 Å². The fourth-order valence-corrected chi connectivity index (χ4v) is 2.33. The zero-order chi connectivity index (χ0) is 11.8. The molecule has 1 heterocycles. The van der Waals surface area contributed by atoms with Crippen LogP contribution in [0, 0.1) is 5.41 Å². The van der Waals surface area contributed by atoms with Gasteiger partial charge in [-0.2, -0.15) is 10.2 Å². The SMILES string of the molecule is CC(C)(C)C1(CCc2ccccc2Br)N=N1. The van der Waals surface area contributed by atoms with Crippen molar-refractivity contribution in [1.29, 1.82) is 0 Å². The average molecular weight is 281 g/mol. The van der Waals surface area contributed by atoms with E-state index < -0.39 is 0 Å². The lowest BCUT2D eigenvalue weighted by Gasteiger charge is -2.25. The van der Waals surface area contributed by atoms with Crippen molar-refractivity contribution in [2.24, 2.45) is 15.6 Å². The molecule has 1 aromatic carbocycles. The molecule has 16 heavy (non-hydrogen) atoms. The molecule has 1 aliphatic rings. The smallest absolute Gasteiger partial charge is 0.158 e. The van der Waals surface area contributed by atoms with Crippen LogP contribution in [0.1, 0.15) is 32.8 Å². The van der Waals surface area contributed by atoms with Gasteiger partial charge in [0.2, 0.25) is 0 Å². The van der Waals surface area contributed by atoms with Gasteiger partial charge in [-0.1, -0.05) is 54.9 Å². The van der Waals surface area contributed by atoms with Crippen molar-refractivity contribution in [2.75, 3.05) is 0 Å². The summed E-state index contributed by atoms with van der Waals surface area (Å²) in [6.07, 6.45) is 2.02. The van der Waals surface area contributed by atoms with E-state index in [4.69, 9.17) is 0 Å². The molecule has 86 valence electrons. The number of benzene rings is 1. The minimum Gasteiger partial charge on any atom is -0.158 e. The highest BCUT2D eigenvalue weighted by Gasteiger charge is 2.50. The highest BCUT2D eigenvalue weighted by molar-refractivity contribution is 9.10. The lowest BCUT2D eigenvalue weighted by molar-refractivity contribution is 0.259. The molecule has 2 rings (SSSR count). The van der Waals surface area contributed by atoms with E-state index in [1.54, 1.807) is 0 Å². The van der Waals surface area contributed by atoms with Crippen LogP contribution >= 0.6 is 15.9 Å². The molecule has 1 aliphatic heterocycles. The largest absolute Gasteiger partial charge is 0.196 e. The van der Waals surface area contributed by atoms with Crippen LogP contribution in [0.4, 0.5) is 0 Å².